The van der Waals surface area contributed by atoms with Crippen molar-refractivity contribution in [3.05, 3.63) is 36.2 Å². The molecule has 0 aliphatic rings. The molecule has 0 atom stereocenters. The van der Waals surface area contributed by atoms with Crippen molar-refractivity contribution in [1.29, 1.82) is 0 Å². The van der Waals surface area contributed by atoms with Gasteiger partial charge in [-0.15, -0.1) is 0 Å². The number of hydrogen-bond acceptors (Lipinski definition) is 3. The van der Waals surface area contributed by atoms with E-state index in [9.17, 15) is 0 Å². The predicted molar refractivity (Wildman–Crippen MR) is 75.4 cm³/mol. The Hall–Kier alpha value is -1.81. The van der Waals surface area contributed by atoms with Gasteiger partial charge in [-0.1, -0.05) is 12.1 Å². The fourth-order valence-corrected chi connectivity index (χ4v) is 2.02. The molecule has 0 spiro atoms. The minimum absolute atomic E-state index is 0.572. The number of aromatic nitrogens is 2. The first-order valence-electron chi connectivity index (χ1n) is 6.50. The lowest BCUT2D eigenvalue weighted by atomic mass is 10.1. The van der Waals surface area contributed by atoms with Crippen molar-refractivity contribution in [3.63, 3.8) is 0 Å². The molecule has 4 heteroatoms. The molecule has 0 aliphatic heterocycles. The van der Waals surface area contributed by atoms with Gasteiger partial charge in [0.05, 0.1) is 12.8 Å². The first-order chi connectivity index (χ1) is 9.26. The molecule has 102 valence electrons. The fourth-order valence-electron chi connectivity index (χ4n) is 2.02. The van der Waals surface area contributed by atoms with E-state index in [1.54, 1.807) is 7.11 Å². The van der Waals surface area contributed by atoms with Crippen LogP contribution in [0.4, 0.5) is 0 Å². The van der Waals surface area contributed by atoms with Gasteiger partial charge in [-0.3, -0.25) is 4.68 Å². The van der Waals surface area contributed by atoms with Gasteiger partial charge in [-0.2, -0.15) is 5.10 Å². The van der Waals surface area contributed by atoms with Crippen LogP contribution in [0.1, 0.15) is 12.6 Å². The van der Waals surface area contributed by atoms with E-state index in [1.807, 2.05) is 23.0 Å². The molecule has 0 radical (unpaired) electrons. The molecule has 2 aromatic rings. The van der Waals surface area contributed by atoms with E-state index in [1.165, 1.54) is 11.3 Å². The standard InChI is InChI=1S/C15H20N2O2/c1-4-17-12(2)15(11-16-17)13-5-7-14(8-6-13)19-10-9-18-3/h5-8,11H,4,9-10H2,1-3H3. The topological polar surface area (TPSA) is 36.3 Å². The summed E-state index contributed by atoms with van der Waals surface area (Å²) in [5.74, 6) is 0.862. The maximum Gasteiger partial charge on any atom is 0.119 e. The minimum Gasteiger partial charge on any atom is -0.491 e. The van der Waals surface area contributed by atoms with Gasteiger partial charge < -0.3 is 9.47 Å². The molecule has 1 aromatic heterocycles. The van der Waals surface area contributed by atoms with Crippen molar-refractivity contribution in [1.82, 2.24) is 9.78 Å². The molecule has 0 amide bonds. The summed E-state index contributed by atoms with van der Waals surface area (Å²) in [4.78, 5) is 0. The van der Waals surface area contributed by atoms with Gasteiger partial charge in [-0.25, -0.2) is 0 Å². The first-order valence-corrected chi connectivity index (χ1v) is 6.50. The van der Waals surface area contributed by atoms with Crippen LogP contribution in [0.25, 0.3) is 11.1 Å². The maximum absolute atomic E-state index is 5.55. The van der Waals surface area contributed by atoms with Crippen LogP contribution in [-0.4, -0.2) is 30.1 Å². The van der Waals surface area contributed by atoms with E-state index in [-0.39, 0.29) is 0 Å². The van der Waals surface area contributed by atoms with Gasteiger partial charge >= 0.3 is 0 Å². The molecule has 0 N–H and O–H groups in total. The molecular weight excluding hydrogens is 240 g/mol. The van der Waals surface area contributed by atoms with Crippen molar-refractivity contribution >= 4 is 0 Å². The van der Waals surface area contributed by atoms with Crippen molar-refractivity contribution in [2.24, 2.45) is 0 Å². The van der Waals surface area contributed by atoms with Crippen molar-refractivity contribution < 1.29 is 9.47 Å². The maximum atomic E-state index is 5.55. The molecular formula is C15H20N2O2. The summed E-state index contributed by atoms with van der Waals surface area (Å²) < 4.78 is 12.5. The number of nitrogens with zero attached hydrogens (tertiary/aromatic N) is 2. The number of benzene rings is 1. The van der Waals surface area contributed by atoms with Crippen LogP contribution < -0.4 is 4.74 Å². The van der Waals surface area contributed by atoms with Crippen molar-refractivity contribution in [2.45, 2.75) is 20.4 Å². The highest BCUT2D eigenvalue weighted by atomic mass is 16.5. The number of hydrogen-bond donors (Lipinski definition) is 0. The molecule has 1 aromatic carbocycles. The Morgan fingerprint density at radius 2 is 1.89 bits per heavy atom. The molecule has 0 saturated heterocycles. The summed E-state index contributed by atoms with van der Waals surface area (Å²) in [5.41, 5.74) is 3.53. The third kappa shape index (κ3) is 3.15. The molecule has 0 aliphatic carbocycles. The quantitative estimate of drug-likeness (QED) is 0.749. The SMILES string of the molecule is CCn1ncc(-c2ccc(OCCOC)cc2)c1C. The summed E-state index contributed by atoms with van der Waals surface area (Å²) in [6.07, 6.45) is 1.92. The molecule has 0 bridgehead atoms. The predicted octanol–water partition coefficient (Wildman–Crippen LogP) is 2.90. The second-order valence-electron chi connectivity index (χ2n) is 4.33. The normalized spacial score (nSPS) is 10.7. The zero-order chi connectivity index (χ0) is 13.7. The monoisotopic (exact) mass is 260 g/mol. The first kappa shape index (κ1) is 13.6. The highest BCUT2D eigenvalue weighted by Gasteiger charge is 2.07. The van der Waals surface area contributed by atoms with E-state index in [4.69, 9.17) is 9.47 Å². The summed E-state index contributed by atoms with van der Waals surface area (Å²) in [5, 5.41) is 4.36. The van der Waals surface area contributed by atoms with E-state index in [0.717, 1.165) is 17.9 Å². The van der Waals surface area contributed by atoms with Crippen molar-refractivity contribution in [2.75, 3.05) is 20.3 Å². The van der Waals surface area contributed by atoms with Crippen LogP contribution in [0.15, 0.2) is 30.5 Å². The van der Waals surface area contributed by atoms with Crippen molar-refractivity contribution in [3.8, 4) is 16.9 Å². The average molecular weight is 260 g/mol. The van der Waals surface area contributed by atoms with Gasteiger partial charge in [0.1, 0.15) is 12.4 Å². The number of rotatable bonds is 6. The molecule has 0 fully saturated rings. The highest BCUT2D eigenvalue weighted by molar-refractivity contribution is 5.65. The molecule has 1 heterocycles. The summed E-state index contributed by atoms with van der Waals surface area (Å²) >= 11 is 0. The zero-order valence-electron chi connectivity index (χ0n) is 11.7. The Balaban J connectivity index is 2.11. The third-order valence-electron chi connectivity index (χ3n) is 3.12. The average Bonchev–Trinajstić information content (AvgIpc) is 2.81. The Bertz CT molecular complexity index is 517. The van der Waals surface area contributed by atoms with Crippen LogP contribution in [0.3, 0.4) is 0 Å². The van der Waals surface area contributed by atoms with E-state index < -0.39 is 0 Å². The van der Waals surface area contributed by atoms with E-state index >= 15 is 0 Å². The minimum atomic E-state index is 0.572. The van der Waals surface area contributed by atoms with E-state index in [2.05, 4.69) is 31.1 Å². The van der Waals surface area contributed by atoms with Gasteiger partial charge in [-0.05, 0) is 31.5 Å². The molecule has 19 heavy (non-hydrogen) atoms. The second-order valence-corrected chi connectivity index (χ2v) is 4.33. The van der Waals surface area contributed by atoms with Gasteiger partial charge in [0.25, 0.3) is 0 Å². The van der Waals surface area contributed by atoms with Crippen LogP contribution in [0, 0.1) is 6.92 Å². The van der Waals surface area contributed by atoms with Crippen LogP contribution in [0.2, 0.25) is 0 Å². The van der Waals surface area contributed by atoms with Gasteiger partial charge in [0.15, 0.2) is 0 Å². The number of ether oxygens (including phenoxy) is 2. The lowest BCUT2D eigenvalue weighted by molar-refractivity contribution is 0.146. The lowest BCUT2D eigenvalue weighted by Crippen LogP contribution is -2.03. The lowest BCUT2D eigenvalue weighted by Gasteiger charge is -2.07. The smallest absolute Gasteiger partial charge is 0.119 e. The Kier molecular flexibility index (Phi) is 4.58. The Labute approximate surface area is 114 Å². The summed E-state index contributed by atoms with van der Waals surface area (Å²) in [6, 6.07) is 8.08. The third-order valence-corrected chi connectivity index (χ3v) is 3.12. The number of methoxy groups -OCH3 is 1. The van der Waals surface area contributed by atoms with Crippen LogP contribution in [0.5, 0.6) is 5.75 Å². The molecule has 0 unspecified atom stereocenters. The summed E-state index contributed by atoms with van der Waals surface area (Å²) in [7, 11) is 1.67. The molecule has 0 saturated carbocycles. The van der Waals surface area contributed by atoms with Gasteiger partial charge in [0.2, 0.25) is 0 Å². The number of aryl methyl sites for hydroxylation is 1. The highest BCUT2D eigenvalue weighted by Crippen LogP contribution is 2.25. The van der Waals surface area contributed by atoms with Gasteiger partial charge in [0, 0.05) is 24.9 Å². The fraction of sp³-hybridized carbons (Fsp3) is 0.400. The van der Waals surface area contributed by atoms with Crippen LogP contribution >= 0.6 is 0 Å². The summed E-state index contributed by atoms with van der Waals surface area (Å²) in [6.45, 7) is 6.25. The molecule has 4 nitrogen and oxygen atoms in total. The molecule has 2 rings (SSSR count). The van der Waals surface area contributed by atoms with E-state index in [0.29, 0.717) is 13.2 Å². The van der Waals surface area contributed by atoms with Crippen LogP contribution in [-0.2, 0) is 11.3 Å². The zero-order valence-corrected chi connectivity index (χ0v) is 11.7. The Morgan fingerprint density at radius 1 is 1.16 bits per heavy atom. The Morgan fingerprint density at radius 3 is 2.47 bits per heavy atom. The largest absolute Gasteiger partial charge is 0.491 e. The second kappa shape index (κ2) is 6.38.